The summed E-state index contributed by atoms with van der Waals surface area (Å²) in [5.41, 5.74) is -0.789. The first kappa shape index (κ1) is 17.8. The summed E-state index contributed by atoms with van der Waals surface area (Å²) < 4.78 is 48.6. The molecular weight excluding hydrogens is 327 g/mol. The Kier molecular flexibility index (Phi) is 5.16. The monoisotopic (exact) mass is 343 g/mol. The summed E-state index contributed by atoms with van der Waals surface area (Å²) in [6, 6.07) is 4.41. The molecule has 1 aliphatic heterocycles. The van der Waals surface area contributed by atoms with E-state index in [9.17, 15) is 22.8 Å². The number of esters is 1. The fraction of sp³-hybridized carbons (Fsp3) is 0.375. The lowest BCUT2D eigenvalue weighted by molar-refractivity contribution is -0.139. The maximum atomic E-state index is 12.9. The molecule has 1 aromatic rings. The van der Waals surface area contributed by atoms with Crippen molar-refractivity contribution in [1.29, 1.82) is 0 Å². The molecule has 5 nitrogen and oxygen atoms in total. The molecule has 0 bridgehead atoms. The van der Waals surface area contributed by atoms with E-state index in [1.807, 2.05) is 0 Å². The molecule has 0 spiro atoms. The molecule has 0 amide bonds. The normalized spacial score (nSPS) is 17.7. The molecule has 1 N–H and O–H groups in total. The van der Waals surface area contributed by atoms with Gasteiger partial charge < -0.3 is 14.8 Å². The van der Waals surface area contributed by atoms with Crippen LogP contribution in [0.1, 0.15) is 24.5 Å². The highest BCUT2D eigenvalue weighted by molar-refractivity contribution is 6.25. The van der Waals surface area contributed by atoms with Crippen LogP contribution in [0, 0.1) is 0 Å². The second kappa shape index (κ2) is 6.94. The van der Waals surface area contributed by atoms with Gasteiger partial charge in [0.25, 0.3) is 0 Å². The number of Topliss-reactive ketones (excluding diaryl/α,β-unsaturated/α-hetero) is 1. The summed E-state index contributed by atoms with van der Waals surface area (Å²) in [6.07, 6.45) is -4.97. The number of ether oxygens (including phenoxy) is 2. The molecule has 8 heteroatoms. The largest absolute Gasteiger partial charge is 0.468 e. The number of methoxy groups -OCH3 is 1. The van der Waals surface area contributed by atoms with Crippen molar-refractivity contribution in [1.82, 2.24) is 5.32 Å². The molecule has 24 heavy (non-hydrogen) atoms. The van der Waals surface area contributed by atoms with Crippen molar-refractivity contribution in [3.63, 3.8) is 0 Å². The minimum atomic E-state index is -4.52. The zero-order valence-corrected chi connectivity index (χ0v) is 13.1. The first-order chi connectivity index (χ1) is 11.3. The molecule has 1 atom stereocenters. The van der Waals surface area contributed by atoms with E-state index in [2.05, 4.69) is 10.1 Å². The maximum Gasteiger partial charge on any atom is 0.416 e. The van der Waals surface area contributed by atoms with Crippen LogP contribution >= 0.6 is 0 Å². The standard InChI is InChI=1S/C16H16F3NO4/c1-3-11-14(22)13(15(24-11)20-8-12(21)23-2)9-5-4-6-10(7-9)16(17,18)19/h4-7,11,20H,3,8H2,1-2H3. The number of ketones is 1. The van der Waals surface area contributed by atoms with E-state index in [0.29, 0.717) is 6.42 Å². The molecule has 1 aliphatic rings. The Labute approximate surface area is 136 Å². The van der Waals surface area contributed by atoms with E-state index in [1.165, 1.54) is 19.2 Å². The van der Waals surface area contributed by atoms with Gasteiger partial charge in [0.2, 0.25) is 5.78 Å². The third kappa shape index (κ3) is 3.69. The number of alkyl halides is 3. The van der Waals surface area contributed by atoms with Crippen LogP contribution in [0.5, 0.6) is 0 Å². The van der Waals surface area contributed by atoms with Crippen molar-refractivity contribution >= 4 is 17.3 Å². The Bertz CT molecular complexity index is 682. The lowest BCUT2D eigenvalue weighted by atomic mass is 9.98. The first-order valence-electron chi connectivity index (χ1n) is 7.21. The van der Waals surface area contributed by atoms with Gasteiger partial charge in [-0.25, -0.2) is 0 Å². The van der Waals surface area contributed by atoms with Crippen molar-refractivity contribution < 1.29 is 32.2 Å². The third-order valence-electron chi connectivity index (χ3n) is 3.50. The second-order valence-corrected chi connectivity index (χ2v) is 5.09. The van der Waals surface area contributed by atoms with Crippen molar-refractivity contribution in [3.8, 4) is 0 Å². The van der Waals surface area contributed by atoms with Crippen molar-refractivity contribution in [3.05, 3.63) is 41.3 Å². The molecule has 0 aromatic heterocycles. The predicted molar refractivity (Wildman–Crippen MR) is 78.6 cm³/mol. The van der Waals surface area contributed by atoms with E-state index in [0.717, 1.165) is 12.1 Å². The van der Waals surface area contributed by atoms with Gasteiger partial charge in [0.1, 0.15) is 6.54 Å². The lowest BCUT2D eigenvalue weighted by Gasteiger charge is -2.11. The number of hydrogen-bond acceptors (Lipinski definition) is 5. The first-order valence-corrected chi connectivity index (χ1v) is 7.21. The van der Waals surface area contributed by atoms with Gasteiger partial charge in [-0.2, -0.15) is 13.2 Å². The third-order valence-corrected chi connectivity index (χ3v) is 3.50. The fourth-order valence-electron chi connectivity index (χ4n) is 2.28. The van der Waals surface area contributed by atoms with Crippen LogP contribution < -0.4 is 5.32 Å². The van der Waals surface area contributed by atoms with Gasteiger partial charge in [0.05, 0.1) is 18.2 Å². The Balaban J connectivity index is 2.41. The van der Waals surface area contributed by atoms with Crippen LogP contribution in [0.25, 0.3) is 5.57 Å². The summed E-state index contributed by atoms with van der Waals surface area (Å²) in [5, 5.41) is 2.61. The van der Waals surface area contributed by atoms with Gasteiger partial charge >= 0.3 is 12.1 Å². The van der Waals surface area contributed by atoms with Gasteiger partial charge in [-0.05, 0) is 24.1 Å². The van der Waals surface area contributed by atoms with Crippen LogP contribution in [-0.4, -0.2) is 31.5 Å². The van der Waals surface area contributed by atoms with Gasteiger partial charge in [-0.3, -0.25) is 9.59 Å². The number of hydrogen-bond donors (Lipinski definition) is 1. The van der Waals surface area contributed by atoms with E-state index >= 15 is 0 Å². The Morgan fingerprint density at radius 1 is 1.38 bits per heavy atom. The number of nitrogens with one attached hydrogen (secondary N) is 1. The van der Waals surface area contributed by atoms with Crippen molar-refractivity contribution in [2.24, 2.45) is 0 Å². The summed E-state index contributed by atoms with van der Waals surface area (Å²) in [5.74, 6) is -1.04. The highest BCUT2D eigenvalue weighted by Crippen LogP contribution is 2.34. The summed E-state index contributed by atoms with van der Waals surface area (Å²) in [4.78, 5) is 23.6. The molecule has 1 unspecified atom stereocenters. The van der Waals surface area contributed by atoms with Gasteiger partial charge in [0.15, 0.2) is 12.0 Å². The lowest BCUT2D eigenvalue weighted by Crippen LogP contribution is -2.25. The van der Waals surface area contributed by atoms with Crippen molar-refractivity contribution in [2.75, 3.05) is 13.7 Å². The molecule has 130 valence electrons. The zero-order chi connectivity index (χ0) is 17.9. The molecular formula is C16H16F3NO4. The Hall–Kier alpha value is -2.51. The van der Waals surface area contributed by atoms with Crippen LogP contribution in [0.3, 0.4) is 0 Å². The average Bonchev–Trinajstić information content (AvgIpc) is 2.87. The Morgan fingerprint density at radius 2 is 2.08 bits per heavy atom. The summed E-state index contributed by atoms with van der Waals surface area (Å²) in [6.45, 7) is 1.45. The number of halogens is 3. The molecule has 0 saturated carbocycles. The minimum Gasteiger partial charge on any atom is -0.468 e. The average molecular weight is 343 g/mol. The minimum absolute atomic E-state index is 0.00291. The van der Waals surface area contributed by atoms with Gasteiger partial charge in [-0.1, -0.05) is 19.1 Å². The SMILES string of the molecule is CCC1OC(NCC(=O)OC)=C(c2cccc(C(F)(F)F)c2)C1=O. The molecule has 1 heterocycles. The highest BCUT2D eigenvalue weighted by atomic mass is 19.4. The van der Waals surface area contributed by atoms with E-state index in [1.54, 1.807) is 6.92 Å². The van der Waals surface area contributed by atoms with E-state index < -0.39 is 29.6 Å². The molecule has 1 aromatic carbocycles. The van der Waals surface area contributed by atoms with Crippen molar-refractivity contribution in [2.45, 2.75) is 25.6 Å². The zero-order valence-electron chi connectivity index (χ0n) is 13.1. The number of rotatable bonds is 5. The summed E-state index contributed by atoms with van der Waals surface area (Å²) >= 11 is 0. The Morgan fingerprint density at radius 3 is 2.67 bits per heavy atom. The molecule has 0 saturated heterocycles. The fourth-order valence-corrected chi connectivity index (χ4v) is 2.28. The predicted octanol–water partition coefficient (Wildman–Crippen LogP) is 2.51. The molecule has 0 fully saturated rings. The highest BCUT2D eigenvalue weighted by Gasteiger charge is 2.37. The molecule has 2 rings (SSSR count). The number of carbonyl (C=O) groups excluding carboxylic acids is 2. The van der Waals surface area contributed by atoms with E-state index in [-0.39, 0.29) is 23.6 Å². The summed E-state index contributed by atoms with van der Waals surface area (Å²) in [7, 11) is 1.20. The topological polar surface area (TPSA) is 64.6 Å². The van der Waals surface area contributed by atoms with Crippen LogP contribution in [-0.2, 0) is 25.2 Å². The maximum absolute atomic E-state index is 12.9. The van der Waals surface area contributed by atoms with Gasteiger partial charge in [-0.15, -0.1) is 0 Å². The van der Waals surface area contributed by atoms with E-state index in [4.69, 9.17) is 4.74 Å². The van der Waals surface area contributed by atoms with Crippen LogP contribution in [0.4, 0.5) is 13.2 Å². The molecule has 0 radical (unpaired) electrons. The second-order valence-electron chi connectivity index (χ2n) is 5.09. The molecule has 0 aliphatic carbocycles. The van der Waals surface area contributed by atoms with Gasteiger partial charge in [0, 0.05) is 0 Å². The smallest absolute Gasteiger partial charge is 0.416 e. The van der Waals surface area contributed by atoms with Crippen LogP contribution in [0.2, 0.25) is 0 Å². The van der Waals surface area contributed by atoms with Crippen LogP contribution in [0.15, 0.2) is 30.1 Å². The quantitative estimate of drug-likeness (QED) is 0.833. The number of benzene rings is 1. The number of carbonyl (C=O) groups is 2.